The minimum atomic E-state index is 0.420. The Hall–Kier alpha value is -2.01. The van der Waals surface area contributed by atoms with Crippen LogP contribution in [0.4, 0.5) is 17.5 Å². The molecule has 0 aliphatic heterocycles. The van der Waals surface area contributed by atoms with E-state index in [0.717, 1.165) is 5.56 Å². The molecule has 0 atom stereocenters. The fourth-order valence-electron chi connectivity index (χ4n) is 2.06. The fraction of sp³-hybridized carbons (Fsp3) is 0.0588. The Balaban J connectivity index is 1.72. The normalized spacial score (nSPS) is 10.5. The maximum atomic E-state index is 6.15. The van der Waals surface area contributed by atoms with Gasteiger partial charge in [0.15, 0.2) is 0 Å². The van der Waals surface area contributed by atoms with Crippen molar-refractivity contribution in [3.63, 3.8) is 0 Å². The molecule has 1 aromatic heterocycles. The van der Waals surface area contributed by atoms with Gasteiger partial charge in [0.1, 0.15) is 5.82 Å². The lowest BCUT2D eigenvalue weighted by Gasteiger charge is -2.10. The van der Waals surface area contributed by atoms with Crippen molar-refractivity contribution in [2.45, 2.75) is 6.54 Å². The van der Waals surface area contributed by atoms with E-state index in [1.165, 1.54) is 0 Å². The number of hydrogen-bond donors (Lipinski definition) is 2. The van der Waals surface area contributed by atoms with E-state index < -0.39 is 0 Å². The Morgan fingerprint density at radius 1 is 0.917 bits per heavy atom. The number of hydrogen-bond acceptors (Lipinski definition) is 4. The van der Waals surface area contributed by atoms with Gasteiger partial charge >= 0.3 is 0 Å². The molecule has 0 aliphatic carbocycles. The van der Waals surface area contributed by atoms with Gasteiger partial charge in [0.05, 0.1) is 10.7 Å². The minimum Gasteiger partial charge on any atom is -0.366 e. The lowest BCUT2D eigenvalue weighted by molar-refractivity contribution is 1.08. The summed E-state index contributed by atoms with van der Waals surface area (Å²) in [7, 11) is 0. The van der Waals surface area contributed by atoms with Crippen LogP contribution in [0, 0.1) is 0 Å². The van der Waals surface area contributed by atoms with Crippen LogP contribution in [0.3, 0.4) is 0 Å². The Kier molecular flexibility index (Phi) is 5.41. The maximum Gasteiger partial charge on any atom is 0.229 e. The summed E-state index contributed by atoms with van der Waals surface area (Å²) in [5, 5.41) is 8.11. The molecule has 24 heavy (non-hydrogen) atoms. The van der Waals surface area contributed by atoms with Crippen LogP contribution in [-0.4, -0.2) is 9.97 Å². The second kappa shape index (κ2) is 7.71. The summed E-state index contributed by atoms with van der Waals surface area (Å²) >= 11 is 18.3. The first kappa shape index (κ1) is 16.8. The van der Waals surface area contributed by atoms with E-state index in [9.17, 15) is 0 Å². The molecular formula is C17H13Cl3N4. The monoisotopic (exact) mass is 378 g/mol. The highest BCUT2D eigenvalue weighted by Crippen LogP contribution is 2.27. The molecule has 122 valence electrons. The highest BCUT2D eigenvalue weighted by molar-refractivity contribution is 6.35. The van der Waals surface area contributed by atoms with Gasteiger partial charge in [-0.15, -0.1) is 0 Å². The van der Waals surface area contributed by atoms with Crippen molar-refractivity contribution in [2.75, 3.05) is 10.6 Å². The predicted molar refractivity (Wildman–Crippen MR) is 101 cm³/mol. The van der Waals surface area contributed by atoms with Crippen LogP contribution >= 0.6 is 34.8 Å². The molecule has 0 amide bonds. The summed E-state index contributed by atoms with van der Waals surface area (Å²) in [6, 6.07) is 14.6. The molecule has 2 N–H and O–H groups in total. The van der Waals surface area contributed by atoms with Crippen LogP contribution in [-0.2, 0) is 6.54 Å². The molecule has 7 heteroatoms. The second-order valence-electron chi connectivity index (χ2n) is 4.96. The van der Waals surface area contributed by atoms with E-state index in [-0.39, 0.29) is 0 Å². The smallest absolute Gasteiger partial charge is 0.229 e. The third-order valence-corrected chi connectivity index (χ3v) is 4.18. The topological polar surface area (TPSA) is 49.8 Å². The Bertz CT molecular complexity index is 855. The van der Waals surface area contributed by atoms with Crippen molar-refractivity contribution < 1.29 is 0 Å². The molecule has 0 aliphatic rings. The molecule has 1 heterocycles. The maximum absolute atomic E-state index is 6.15. The molecule has 0 radical (unpaired) electrons. The fourth-order valence-corrected chi connectivity index (χ4v) is 2.60. The summed E-state index contributed by atoms with van der Waals surface area (Å²) in [6.45, 7) is 0.564. The van der Waals surface area contributed by atoms with Gasteiger partial charge in [-0.05, 0) is 35.9 Å². The van der Waals surface area contributed by atoms with Crippen molar-refractivity contribution >= 4 is 52.3 Å². The third-order valence-electron chi connectivity index (χ3n) is 3.25. The molecule has 3 aromatic rings. The highest BCUT2D eigenvalue weighted by atomic mass is 35.5. The van der Waals surface area contributed by atoms with Gasteiger partial charge in [-0.1, -0.05) is 53.0 Å². The number of halogens is 3. The number of nitrogens with one attached hydrogen (secondary N) is 2. The molecular weight excluding hydrogens is 367 g/mol. The summed E-state index contributed by atoms with van der Waals surface area (Å²) in [5.74, 6) is 1.09. The van der Waals surface area contributed by atoms with Crippen LogP contribution in [0.25, 0.3) is 0 Å². The largest absolute Gasteiger partial charge is 0.366 e. The third kappa shape index (κ3) is 4.29. The van der Waals surface area contributed by atoms with Gasteiger partial charge in [0.25, 0.3) is 0 Å². The first-order chi connectivity index (χ1) is 11.6. The van der Waals surface area contributed by atoms with E-state index in [1.54, 1.807) is 30.5 Å². The number of nitrogens with zero attached hydrogens (tertiary/aromatic N) is 2. The van der Waals surface area contributed by atoms with E-state index >= 15 is 0 Å². The molecule has 3 rings (SSSR count). The molecule has 0 spiro atoms. The summed E-state index contributed by atoms with van der Waals surface area (Å²) < 4.78 is 0. The molecule has 0 unspecified atom stereocenters. The van der Waals surface area contributed by atoms with Gasteiger partial charge < -0.3 is 10.6 Å². The molecule has 0 saturated carbocycles. The van der Waals surface area contributed by atoms with E-state index in [1.807, 2.05) is 24.3 Å². The van der Waals surface area contributed by atoms with Crippen LogP contribution in [0.2, 0.25) is 15.1 Å². The van der Waals surface area contributed by atoms with Crippen molar-refractivity contribution in [2.24, 2.45) is 0 Å². The number of anilines is 3. The van der Waals surface area contributed by atoms with Crippen molar-refractivity contribution in [1.29, 1.82) is 0 Å². The average molecular weight is 380 g/mol. The van der Waals surface area contributed by atoms with E-state index in [0.29, 0.717) is 39.1 Å². The van der Waals surface area contributed by atoms with Crippen molar-refractivity contribution in [3.8, 4) is 0 Å². The Morgan fingerprint density at radius 3 is 2.58 bits per heavy atom. The summed E-state index contributed by atoms with van der Waals surface area (Å²) in [4.78, 5) is 8.59. The summed E-state index contributed by atoms with van der Waals surface area (Å²) in [6.07, 6.45) is 1.66. The van der Waals surface area contributed by atoms with E-state index in [2.05, 4.69) is 20.6 Å². The standard InChI is InChI=1S/C17H13Cl3N4/c18-12-5-6-14(20)15(9-12)23-17-21-8-7-16(24-17)22-10-11-3-1-2-4-13(11)19/h1-9H,10H2,(H2,21,22,23,24). The first-order valence-electron chi connectivity index (χ1n) is 7.14. The van der Waals surface area contributed by atoms with Crippen molar-refractivity contribution in [3.05, 3.63) is 75.4 Å². The molecule has 0 fully saturated rings. The zero-order valence-corrected chi connectivity index (χ0v) is 14.7. The Morgan fingerprint density at radius 2 is 1.75 bits per heavy atom. The lowest BCUT2D eigenvalue weighted by Crippen LogP contribution is -2.04. The zero-order chi connectivity index (χ0) is 16.9. The molecule has 0 bridgehead atoms. The summed E-state index contributed by atoms with van der Waals surface area (Å²) in [5.41, 5.74) is 1.64. The van der Waals surface area contributed by atoms with Crippen LogP contribution in [0.5, 0.6) is 0 Å². The van der Waals surface area contributed by atoms with Crippen LogP contribution in [0.1, 0.15) is 5.56 Å². The number of benzene rings is 2. The second-order valence-corrected chi connectivity index (χ2v) is 6.21. The van der Waals surface area contributed by atoms with Gasteiger partial charge in [0.2, 0.25) is 5.95 Å². The minimum absolute atomic E-state index is 0.420. The van der Waals surface area contributed by atoms with Crippen LogP contribution in [0.15, 0.2) is 54.7 Å². The van der Waals surface area contributed by atoms with Crippen LogP contribution < -0.4 is 10.6 Å². The number of aromatic nitrogens is 2. The number of rotatable bonds is 5. The first-order valence-corrected chi connectivity index (χ1v) is 8.27. The Labute approximate surface area is 154 Å². The zero-order valence-electron chi connectivity index (χ0n) is 12.4. The quantitative estimate of drug-likeness (QED) is 0.589. The van der Waals surface area contributed by atoms with E-state index in [4.69, 9.17) is 34.8 Å². The van der Waals surface area contributed by atoms with Gasteiger partial charge in [-0.3, -0.25) is 0 Å². The van der Waals surface area contributed by atoms with Gasteiger partial charge in [0, 0.05) is 22.8 Å². The lowest BCUT2D eigenvalue weighted by atomic mass is 10.2. The van der Waals surface area contributed by atoms with Gasteiger partial charge in [-0.2, -0.15) is 4.98 Å². The highest BCUT2D eigenvalue weighted by Gasteiger charge is 2.05. The van der Waals surface area contributed by atoms with Crippen molar-refractivity contribution in [1.82, 2.24) is 9.97 Å². The molecule has 2 aromatic carbocycles. The predicted octanol–water partition coefficient (Wildman–Crippen LogP) is 5.79. The van der Waals surface area contributed by atoms with Gasteiger partial charge in [-0.25, -0.2) is 4.98 Å². The molecule has 0 saturated heterocycles. The SMILES string of the molecule is Clc1ccc(Cl)c(Nc2nccc(NCc3ccccc3Cl)n2)c1. The average Bonchev–Trinajstić information content (AvgIpc) is 2.58. The molecule has 4 nitrogen and oxygen atoms in total.